The Hall–Kier alpha value is -3.08. The van der Waals surface area contributed by atoms with Crippen molar-refractivity contribution in [1.29, 1.82) is 0 Å². The average Bonchev–Trinajstić information content (AvgIpc) is 2.65. The molecule has 3 aromatic rings. The van der Waals surface area contributed by atoms with Crippen LogP contribution in [-0.2, 0) is 17.8 Å². The standard InChI is InChI=1S/C24H28N2O3/c1-5-29-18-11-9-17(10-12-18)15-22(27)25-21-8-6-7-20-19(21)13-14-26(23(20)28)16-24(2,3)4/h6-14H,5,15-16H2,1-4H3,(H,25,27). The SMILES string of the molecule is CCOc1ccc(CC(=O)Nc2cccc3c(=O)n(CC(C)(C)C)ccc23)cc1. The highest BCUT2D eigenvalue weighted by Gasteiger charge is 2.14. The van der Waals surface area contributed by atoms with Gasteiger partial charge in [0.15, 0.2) is 0 Å². The van der Waals surface area contributed by atoms with Crippen LogP contribution >= 0.6 is 0 Å². The van der Waals surface area contributed by atoms with Crippen molar-refractivity contribution >= 4 is 22.4 Å². The Morgan fingerprint density at radius 1 is 1.03 bits per heavy atom. The Morgan fingerprint density at radius 2 is 1.76 bits per heavy atom. The highest BCUT2D eigenvalue weighted by atomic mass is 16.5. The molecule has 0 saturated carbocycles. The summed E-state index contributed by atoms with van der Waals surface area (Å²) in [6, 6.07) is 14.8. The molecule has 152 valence electrons. The first-order chi connectivity index (χ1) is 13.8. The van der Waals surface area contributed by atoms with E-state index in [1.54, 1.807) is 22.9 Å². The normalized spacial score (nSPS) is 11.4. The first-order valence-corrected chi connectivity index (χ1v) is 9.90. The molecule has 0 bridgehead atoms. The smallest absolute Gasteiger partial charge is 0.258 e. The number of carbonyl (C=O) groups excluding carboxylic acids is 1. The summed E-state index contributed by atoms with van der Waals surface area (Å²) < 4.78 is 7.16. The highest BCUT2D eigenvalue weighted by molar-refractivity contribution is 6.02. The van der Waals surface area contributed by atoms with Crippen LogP contribution in [0.5, 0.6) is 5.75 Å². The maximum Gasteiger partial charge on any atom is 0.258 e. The fraction of sp³-hybridized carbons (Fsp3) is 0.333. The van der Waals surface area contributed by atoms with Gasteiger partial charge in [-0.25, -0.2) is 0 Å². The average molecular weight is 392 g/mol. The third-order valence-corrected chi connectivity index (χ3v) is 4.54. The van der Waals surface area contributed by atoms with Crippen molar-refractivity contribution in [3.05, 3.63) is 70.6 Å². The van der Waals surface area contributed by atoms with E-state index in [1.165, 1.54) is 0 Å². The van der Waals surface area contributed by atoms with E-state index in [0.29, 0.717) is 24.2 Å². The molecule has 0 aliphatic heterocycles. The zero-order chi connectivity index (χ0) is 21.0. The van der Waals surface area contributed by atoms with E-state index in [4.69, 9.17) is 4.74 Å². The van der Waals surface area contributed by atoms with E-state index in [-0.39, 0.29) is 23.3 Å². The van der Waals surface area contributed by atoms with Gasteiger partial charge in [0.25, 0.3) is 5.56 Å². The maximum absolute atomic E-state index is 12.9. The lowest BCUT2D eigenvalue weighted by Gasteiger charge is -2.20. The minimum absolute atomic E-state index is 0.00104. The van der Waals surface area contributed by atoms with Crippen LogP contribution in [0, 0.1) is 5.41 Å². The van der Waals surface area contributed by atoms with E-state index >= 15 is 0 Å². The van der Waals surface area contributed by atoms with E-state index < -0.39 is 0 Å². The second-order valence-corrected chi connectivity index (χ2v) is 8.38. The predicted molar refractivity (Wildman–Crippen MR) is 118 cm³/mol. The molecule has 5 nitrogen and oxygen atoms in total. The molecule has 0 unspecified atom stereocenters. The Morgan fingerprint density at radius 3 is 2.41 bits per heavy atom. The zero-order valence-electron chi connectivity index (χ0n) is 17.5. The molecule has 3 rings (SSSR count). The topological polar surface area (TPSA) is 60.3 Å². The first kappa shape index (κ1) is 20.6. The number of pyridine rings is 1. The lowest BCUT2D eigenvalue weighted by atomic mass is 9.96. The van der Waals surface area contributed by atoms with Crippen molar-refractivity contribution in [2.45, 2.75) is 40.7 Å². The van der Waals surface area contributed by atoms with Gasteiger partial charge in [0.2, 0.25) is 5.91 Å². The number of hydrogen-bond donors (Lipinski definition) is 1. The van der Waals surface area contributed by atoms with Crippen LogP contribution in [0.4, 0.5) is 5.69 Å². The summed E-state index contributed by atoms with van der Waals surface area (Å²) in [6.45, 7) is 9.47. The summed E-state index contributed by atoms with van der Waals surface area (Å²) in [5.41, 5.74) is 1.51. The largest absolute Gasteiger partial charge is 0.494 e. The molecule has 5 heteroatoms. The summed E-state index contributed by atoms with van der Waals surface area (Å²) in [5.74, 6) is 0.665. The van der Waals surface area contributed by atoms with E-state index in [9.17, 15) is 9.59 Å². The number of nitrogens with one attached hydrogen (secondary N) is 1. The summed E-state index contributed by atoms with van der Waals surface area (Å²) in [6.07, 6.45) is 2.06. The molecular weight excluding hydrogens is 364 g/mol. The third kappa shape index (κ3) is 5.25. The lowest BCUT2D eigenvalue weighted by Crippen LogP contribution is -2.26. The molecule has 1 N–H and O–H groups in total. The van der Waals surface area contributed by atoms with Crippen LogP contribution < -0.4 is 15.6 Å². The minimum Gasteiger partial charge on any atom is -0.494 e. The molecule has 0 saturated heterocycles. The fourth-order valence-electron chi connectivity index (χ4n) is 3.31. The Bertz CT molecular complexity index is 1060. The second kappa shape index (κ2) is 8.52. The molecule has 0 fully saturated rings. The number of ether oxygens (including phenoxy) is 1. The van der Waals surface area contributed by atoms with Crippen molar-refractivity contribution in [3.8, 4) is 5.75 Å². The van der Waals surface area contributed by atoms with Gasteiger partial charge >= 0.3 is 0 Å². The maximum atomic E-state index is 12.9. The molecule has 1 amide bonds. The number of fused-ring (bicyclic) bond motifs is 1. The van der Waals surface area contributed by atoms with Gasteiger partial charge < -0.3 is 14.6 Å². The van der Waals surface area contributed by atoms with E-state index in [2.05, 4.69) is 26.1 Å². The number of benzene rings is 2. The molecule has 1 aromatic heterocycles. The van der Waals surface area contributed by atoms with Crippen LogP contribution in [0.3, 0.4) is 0 Å². The monoisotopic (exact) mass is 392 g/mol. The second-order valence-electron chi connectivity index (χ2n) is 8.38. The number of anilines is 1. The molecule has 0 atom stereocenters. The predicted octanol–water partition coefficient (Wildman–Crippen LogP) is 4.63. The van der Waals surface area contributed by atoms with Crippen molar-refractivity contribution in [1.82, 2.24) is 4.57 Å². The van der Waals surface area contributed by atoms with Crippen LogP contribution in [0.15, 0.2) is 59.5 Å². The van der Waals surface area contributed by atoms with E-state index in [1.807, 2.05) is 43.3 Å². The molecule has 0 spiro atoms. The van der Waals surface area contributed by atoms with Crippen LogP contribution in [0.2, 0.25) is 0 Å². The molecule has 0 radical (unpaired) electrons. The van der Waals surface area contributed by atoms with Crippen molar-refractivity contribution in [2.75, 3.05) is 11.9 Å². The first-order valence-electron chi connectivity index (χ1n) is 9.90. The third-order valence-electron chi connectivity index (χ3n) is 4.54. The number of hydrogen-bond acceptors (Lipinski definition) is 3. The molecule has 2 aromatic carbocycles. The molecule has 0 aliphatic rings. The van der Waals surface area contributed by atoms with Gasteiger partial charge in [-0.3, -0.25) is 9.59 Å². The molecule has 1 heterocycles. The quantitative estimate of drug-likeness (QED) is 0.665. The van der Waals surface area contributed by atoms with Crippen LogP contribution in [0.25, 0.3) is 10.8 Å². The highest BCUT2D eigenvalue weighted by Crippen LogP contribution is 2.22. The van der Waals surface area contributed by atoms with Gasteiger partial charge in [0, 0.05) is 29.2 Å². The lowest BCUT2D eigenvalue weighted by molar-refractivity contribution is -0.115. The van der Waals surface area contributed by atoms with Crippen molar-refractivity contribution in [2.24, 2.45) is 5.41 Å². The molecular formula is C24H28N2O3. The number of carbonyl (C=O) groups is 1. The van der Waals surface area contributed by atoms with Gasteiger partial charge in [-0.2, -0.15) is 0 Å². The van der Waals surface area contributed by atoms with Crippen molar-refractivity contribution in [3.63, 3.8) is 0 Å². The minimum atomic E-state index is -0.125. The van der Waals surface area contributed by atoms with E-state index in [0.717, 1.165) is 16.7 Å². The van der Waals surface area contributed by atoms with Crippen LogP contribution in [-0.4, -0.2) is 17.1 Å². The van der Waals surface area contributed by atoms with Crippen LogP contribution in [0.1, 0.15) is 33.3 Å². The van der Waals surface area contributed by atoms with Gasteiger partial charge in [-0.1, -0.05) is 39.0 Å². The van der Waals surface area contributed by atoms with Gasteiger partial charge in [-0.05, 0) is 48.2 Å². The Balaban J connectivity index is 1.80. The number of rotatable bonds is 6. The molecule has 0 aliphatic carbocycles. The van der Waals surface area contributed by atoms with Crippen molar-refractivity contribution < 1.29 is 9.53 Å². The Labute approximate surface area is 171 Å². The molecule has 29 heavy (non-hydrogen) atoms. The summed E-state index contributed by atoms with van der Waals surface area (Å²) in [7, 11) is 0. The number of nitrogens with zero attached hydrogens (tertiary/aromatic N) is 1. The zero-order valence-corrected chi connectivity index (χ0v) is 17.5. The van der Waals surface area contributed by atoms with Gasteiger partial charge in [-0.15, -0.1) is 0 Å². The number of amides is 1. The van der Waals surface area contributed by atoms with Gasteiger partial charge in [0.05, 0.1) is 13.0 Å². The van der Waals surface area contributed by atoms with Gasteiger partial charge in [0.1, 0.15) is 5.75 Å². The Kier molecular flexibility index (Phi) is 6.06. The number of aromatic nitrogens is 1. The summed E-state index contributed by atoms with van der Waals surface area (Å²) in [5, 5.41) is 4.31. The fourth-order valence-corrected chi connectivity index (χ4v) is 3.31. The summed E-state index contributed by atoms with van der Waals surface area (Å²) in [4.78, 5) is 25.4. The summed E-state index contributed by atoms with van der Waals surface area (Å²) >= 11 is 0.